The topological polar surface area (TPSA) is 77.4 Å². The Labute approximate surface area is 191 Å². The molecule has 0 spiro atoms. The van der Waals surface area contributed by atoms with E-state index in [4.69, 9.17) is 4.74 Å². The molecule has 1 amide bonds. The number of anilines is 1. The quantitative estimate of drug-likeness (QED) is 0.431. The van der Waals surface area contributed by atoms with E-state index >= 15 is 0 Å². The Balaban J connectivity index is 1.72. The van der Waals surface area contributed by atoms with Gasteiger partial charge in [-0.05, 0) is 36.2 Å². The van der Waals surface area contributed by atoms with E-state index in [1.165, 1.54) is 13.3 Å². The number of hydrogen-bond donors (Lipinski definition) is 1. The average Bonchev–Trinajstić information content (AvgIpc) is 2.85. The molecular formula is C27H24N2O4. The fourth-order valence-corrected chi connectivity index (χ4v) is 3.78. The van der Waals surface area contributed by atoms with Gasteiger partial charge in [-0.2, -0.15) is 0 Å². The monoisotopic (exact) mass is 440 g/mol. The van der Waals surface area contributed by atoms with Crippen LogP contribution in [0.1, 0.15) is 28.4 Å². The van der Waals surface area contributed by atoms with E-state index in [9.17, 15) is 14.4 Å². The molecular weight excluding hydrogens is 416 g/mol. The van der Waals surface area contributed by atoms with Crippen LogP contribution in [-0.4, -0.2) is 23.4 Å². The van der Waals surface area contributed by atoms with Gasteiger partial charge in [0.25, 0.3) is 0 Å². The van der Waals surface area contributed by atoms with E-state index in [0.29, 0.717) is 27.9 Å². The maximum Gasteiger partial charge on any atom is 0.244 e. The lowest BCUT2D eigenvalue weighted by Gasteiger charge is -2.14. The first-order valence-corrected chi connectivity index (χ1v) is 10.7. The number of rotatable bonds is 7. The minimum atomic E-state index is -0.368. The zero-order valence-corrected chi connectivity index (χ0v) is 18.5. The highest BCUT2D eigenvalue weighted by atomic mass is 16.5. The molecule has 33 heavy (non-hydrogen) atoms. The second kappa shape index (κ2) is 9.53. The molecule has 3 aromatic carbocycles. The Hall–Kier alpha value is -4.19. The van der Waals surface area contributed by atoms with Crippen molar-refractivity contribution in [1.29, 1.82) is 0 Å². The Bertz CT molecular complexity index is 1390. The van der Waals surface area contributed by atoms with E-state index in [1.54, 1.807) is 59.2 Å². The van der Waals surface area contributed by atoms with Crippen molar-refractivity contribution < 1.29 is 14.3 Å². The van der Waals surface area contributed by atoms with Gasteiger partial charge in [-0.25, -0.2) is 0 Å². The molecule has 1 heterocycles. The maximum absolute atomic E-state index is 13.2. The molecule has 0 bridgehead atoms. The van der Waals surface area contributed by atoms with E-state index < -0.39 is 0 Å². The summed E-state index contributed by atoms with van der Waals surface area (Å²) in [7, 11) is 1.53. The SMILES string of the molecule is CCc1ccc(C(=O)c2cn(CC(=O)Nc3ccccc3OC)c3ccccc3c2=O)cc1. The van der Waals surface area contributed by atoms with Crippen LogP contribution in [0, 0.1) is 0 Å². The second-order valence-corrected chi connectivity index (χ2v) is 7.65. The summed E-state index contributed by atoms with van der Waals surface area (Å²) in [6, 6.07) is 21.3. The van der Waals surface area contributed by atoms with Crippen LogP contribution in [0.3, 0.4) is 0 Å². The van der Waals surface area contributed by atoms with Crippen LogP contribution >= 0.6 is 0 Å². The number of methoxy groups -OCH3 is 1. The zero-order chi connectivity index (χ0) is 23.4. The normalized spacial score (nSPS) is 10.7. The second-order valence-electron chi connectivity index (χ2n) is 7.65. The van der Waals surface area contributed by atoms with Crippen LogP contribution < -0.4 is 15.5 Å². The average molecular weight is 440 g/mol. The highest BCUT2D eigenvalue weighted by Gasteiger charge is 2.18. The molecule has 0 aliphatic heterocycles. The number of fused-ring (bicyclic) bond motifs is 1. The summed E-state index contributed by atoms with van der Waals surface area (Å²) in [6.07, 6.45) is 2.33. The molecule has 6 heteroatoms. The van der Waals surface area contributed by atoms with Crippen LogP contribution in [0.25, 0.3) is 10.9 Å². The standard InChI is InChI=1S/C27H24N2O4/c1-3-18-12-14-19(15-13-18)26(31)21-16-29(23-10-6-4-8-20(23)27(21)32)17-25(30)28-22-9-5-7-11-24(22)33-2/h4-16H,3,17H2,1-2H3,(H,28,30). The molecule has 0 aliphatic carbocycles. The van der Waals surface area contributed by atoms with Gasteiger partial charge in [-0.1, -0.05) is 55.5 Å². The van der Waals surface area contributed by atoms with Gasteiger partial charge < -0.3 is 14.6 Å². The molecule has 0 saturated heterocycles. The van der Waals surface area contributed by atoms with Gasteiger partial charge in [0.05, 0.1) is 23.9 Å². The first-order valence-electron chi connectivity index (χ1n) is 10.7. The van der Waals surface area contributed by atoms with Crippen molar-refractivity contribution in [3.63, 3.8) is 0 Å². The number of carbonyl (C=O) groups is 2. The molecule has 4 rings (SSSR count). The predicted molar refractivity (Wildman–Crippen MR) is 129 cm³/mol. The summed E-state index contributed by atoms with van der Waals surface area (Å²) < 4.78 is 6.92. The van der Waals surface area contributed by atoms with Crippen molar-refractivity contribution in [2.45, 2.75) is 19.9 Å². The summed E-state index contributed by atoms with van der Waals surface area (Å²) in [5.74, 6) is -0.131. The summed E-state index contributed by atoms with van der Waals surface area (Å²) >= 11 is 0. The first-order chi connectivity index (χ1) is 16.0. The predicted octanol–water partition coefficient (Wildman–Crippen LogP) is 4.44. The lowest BCUT2D eigenvalue weighted by atomic mass is 10.0. The zero-order valence-electron chi connectivity index (χ0n) is 18.5. The van der Waals surface area contributed by atoms with Crippen molar-refractivity contribution >= 4 is 28.3 Å². The number of carbonyl (C=O) groups excluding carboxylic acids is 2. The van der Waals surface area contributed by atoms with Crippen molar-refractivity contribution in [2.24, 2.45) is 0 Å². The molecule has 0 fully saturated rings. The number of amides is 1. The Morgan fingerprint density at radius 2 is 1.64 bits per heavy atom. The third-order valence-electron chi connectivity index (χ3n) is 5.55. The maximum atomic E-state index is 13.2. The lowest BCUT2D eigenvalue weighted by molar-refractivity contribution is -0.116. The third kappa shape index (κ3) is 4.55. The van der Waals surface area contributed by atoms with Gasteiger partial charge in [0.15, 0.2) is 5.78 Å². The van der Waals surface area contributed by atoms with Gasteiger partial charge >= 0.3 is 0 Å². The number of nitrogens with zero attached hydrogens (tertiary/aromatic N) is 1. The number of hydrogen-bond acceptors (Lipinski definition) is 4. The number of aromatic nitrogens is 1. The molecule has 0 saturated carbocycles. The Morgan fingerprint density at radius 1 is 0.939 bits per heavy atom. The highest BCUT2D eigenvalue weighted by Crippen LogP contribution is 2.23. The molecule has 0 atom stereocenters. The van der Waals surface area contributed by atoms with E-state index in [2.05, 4.69) is 5.32 Å². The number of pyridine rings is 1. The van der Waals surface area contributed by atoms with Gasteiger partial charge in [0.2, 0.25) is 11.3 Å². The van der Waals surface area contributed by atoms with Crippen LogP contribution in [-0.2, 0) is 17.8 Å². The molecule has 0 radical (unpaired) electrons. The highest BCUT2D eigenvalue weighted by molar-refractivity contribution is 6.10. The Kier molecular flexibility index (Phi) is 6.36. The minimum Gasteiger partial charge on any atom is -0.495 e. The van der Waals surface area contributed by atoms with E-state index in [1.807, 2.05) is 25.1 Å². The molecule has 0 aliphatic rings. The third-order valence-corrected chi connectivity index (χ3v) is 5.55. The van der Waals surface area contributed by atoms with Crippen molar-refractivity contribution in [1.82, 2.24) is 4.57 Å². The van der Waals surface area contributed by atoms with Crippen LogP contribution in [0.15, 0.2) is 83.8 Å². The molecule has 1 aromatic heterocycles. The number of benzene rings is 3. The molecule has 4 aromatic rings. The van der Waals surface area contributed by atoms with E-state index in [-0.39, 0.29) is 29.2 Å². The number of nitrogens with one attached hydrogen (secondary N) is 1. The van der Waals surface area contributed by atoms with E-state index in [0.717, 1.165) is 12.0 Å². The number of ether oxygens (including phenoxy) is 1. The van der Waals surface area contributed by atoms with Gasteiger partial charge in [-0.15, -0.1) is 0 Å². The first kappa shape index (κ1) is 22.0. The fourth-order valence-electron chi connectivity index (χ4n) is 3.78. The fraction of sp³-hybridized carbons (Fsp3) is 0.148. The van der Waals surface area contributed by atoms with Crippen molar-refractivity contribution in [3.05, 3.63) is 106 Å². The molecule has 1 N–H and O–H groups in total. The molecule has 6 nitrogen and oxygen atoms in total. The minimum absolute atomic E-state index is 0.0306. The van der Waals surface area contributed by atoms with Crippen LogP contribution in [0.2, 0.25) is 0 Å². The van der Waals surface area contributed by atoms with Crippen molar-refractivity contribution in [2.75, 3.05) is 12.4 Å². The summed E-state index contributed by atoms with van der Waals surface area (Å²) in [6.45, 7) is 1.96. The van der Waals surface area contributed by atoms with Gasteiger partial charge in [0, 0.05) is 17.1 Å². The molecule has 166 valence electrons. The van der Waals surface area contributed by atoms with Crippen LogP contribution in [0.5, 0.6) is 5.75 Å². The van der Waals surface area contributed by atoms with Gasteiger partial charge in [-0.3, -0.25) is 14.4 Å². The largest absolute Gasteiger partial charge is 0.495 e. The lowest BCUT2D eigenvalue weighted by Crippen LogP contribution is -2.24. The number of ketones is 1. The molecule has 0 unspecified atom stereocenters. The summed E-state index contributed by atoms with van der Waals surface area (Å²) in [4.78, 5) is 39.2. The summed E-state index contributed by atoms with van der Waals surface area (Å²) in [5.41, 5.74) is 2.35. The number of aryl methyl sites for hydroxylation is 1. The smallest absolute Gasteiger partial charge is 0.244 e. The van der Waals surface area contributed by atoms with Gasteiger partial charge in [0.1, 0.15) is 12.3 Å². The van der Waals surface area contributed by atoms with Crippen LogP contribution in [0.4, 0.5) is 5.69 Å². The summed E-state index contributed by atoms with van der Waals surface area (Å²) in [5, 5.41) is 3.22. The Morgan fingerprint density at radius 3 is 2.36 bits per heavy atom. The van der Waals surface area contributed by atoms with Crippen molar-refractivity contribution in [3.8, 4) is 5.75 Å². The number of para-hydroxylation sites is 3.